The summed E-state index contributed by atoms with van der Waals surface area (Å²) in [4.78, 5) is 31.8. The number of aromatic amines is 1. The van der Waals surface area contributed by atoms with Crippen molar-refractivity contribution in [3.05, 3.63) is 27.9 Å². The zero-order valence-corrected chi connectivity index (χ0v) is 11.4. The summed E-state index contributed by atoms with van der Waals surface area (Å²) in [5.41, 5.74) is 0.934. The molecule has 0 aliphatic carbocycles. The van der Waals surface area contributed by atoms with Crippen LogP contribution in [0.3, 0.4) is 0 Å². The summed E-state index contributed by atoms with van der Waals surface area (Å²) in [6, 6.07) is 0. The third-order valence-electron chi connectivity index (χ3n) is 2.77. The monoisotopic (exact) mass is 281 g/mol. The molecule has 8 heteroatoms. The average Bonchev–Trinajstić information content (AvgIpc) is 2.84. The number of nitrogens with zero attached hydrogens (tertiary/aromatic N) is 3. The third-order valence-corrected chi connectivity index (χ3v) is 2.99. The van der Waals surface area contributed by atoms with E-state index in [1.807, 2.05) is 0 Å². The van der Waals surface area contributed by atoms with Crippen LogP contribution in [0.4, 0.5) is 0 Å². The predicted octanol–water partition coefficient (Wildman–Crippen LogP) is -0.295. The van der Waals surface area contributed by atoms with Gasteiger partial charge in [0.15, 0.2) is 0 Å². The molecule has 7 nitrogen and oxygen atoms in total. The van der Waals surface area contributed by atoms with E-state index in [1.54, 1.807) is 6.92 Å². The van der Waals surface area contributed by atoms with Crippen molar-refractivity contribution in [3.8, 4) is 0 Å². The van der Waals surface area contributed by atoms with E-state index in [9.17, 15) is 9.59 Å². The smallest absolute Gasteiger partial charge is 0.277 e. The van der Waals surface area contributed by atoms with Gasteiger partial charge in [0, 0.05) is 24.3 Å². The summed E-state index contributed by atoms with van der Waals surface area (Å²) >= 11 is 4.01. The molecule has 2 heterocycles. The molecule has 0 aliphatic rings. The van der Waals surface area contributed by atoms with Crippen LogP contribution in [0.2, 0.25) is 0 Å². The van der Waals surface area contributed by atoms with Gasteiger partial charge in [-0.1, -0.05) is 0 Å². The second-order valence-corrected chi connectivity index (χ2v) is 4.52. The van der Waals surface area contributed by atoms with Crippen LogP contribution < -0.4 is 10.9 Å². The number of thiol groups is 1. The number of carbonyl (C=O) groups is 1. The molecule has 0 bridgehead atoms. The van der Waals surface area contributed by atoms with Crippen LogP contribution in [-0.2, 0) is 11.2 Å². The highest BCUT2D eigenvalue weighted by atomic mass is 32.1. The molecule has 0 saturated carbocycles. The largest absolute Gasteiger partial charge is 0.355 e. The van der Waals surface area contributed by atoms with Gasteiger partial charge in [0.05, 0.1) is 5.69 Å². The molecular formula is C11H15N5O2S. The Labute approximate surface area is 114 Å². The number of aromatic nitrogens is 4. The fourth-order valence-corrected chi connectivity index (χ4v) is 1.92. The Morgan fingerprint density at radius 1 is 1.58 bits per heavy atom. The zero-order valence-electron chi connectivity index (χ0n) is 10.5. The standard InChI is InChI=1S/C11H15N5O2S/c1-7-8(2-3-9(17)12-4-5-19)10(18)16-11(15-7)13-6-14-16/h6,19H,2-5H2,1H3,(H,12,17)(H,13,14,15). The Kier molecular flexibility index (Phi) is 4.20. The van der Waals surface area contributed by atoms with Crippen LogP contribution in [0, 0.1) is 6.92 Å². The second-order valence-electron chi connectivity index (χ2n) is 4.08. The minimum absolute atomic E-state index is 0.0949. The molecule has 0 spiro atoms. The van der Waals surface area contributed by atoms with E-state index >= 15 is 0 Å². The Morgan fingerprint density at radius 3 is 3.11 bits per heavy atom. The molecule has 2 aromatic rings. The lowest BCUT2D eigenvalue weighted by Gasteiger charge is -2.05. The lowest BCUT2D eigenvalue weighted by Crippen LogP contribution is -2.27. The number of H-pyrrole nitrogens is 1. The highest BCUT2D eigenvalue weighted by Gasteiger charge is 2.12. The first-order valence-corrected chi connectivity index (χ1v) is 6.56. The SMILES string of the molecule is Cc1nc2nc[nH]n2c(=O)c1CCC(=O)NCCS. The Morgan fingerprint density at radius 2 is 2.37 bits per heavy atom. The Bertz CT molecular complexity index is 648. The first-order chi connectivity index (χ1) is 9.13. The zero-order chi connectivity index (χ0) is 13.8. The number of aryl methyl sites for hydroxylation is 1. The van der Waals surface area contributed by atoms with Crippen molar-refractivity contribution in [3.63, 3.8) is 0 Å². The lowest BCUT2D eigenvalue weighted by molar-refractivity contribution is -0.120. The van der Waals surface area contributed by atoms with Crippen molar-refractivity contribution in [1.29, 1.82) is 0 Å². The van der Waals surface area contributed by atoms with E-state index in [0.717, 1.165) is 0 Å². The lowest BCUT2D eigenvalue weighted by atomic mass is 10.1. The number of carbonyl (C=O) groups excluding carboxylic acids is 1. The van der Waals surface area contributed by atoms with Gasteiger partial charge in [-0.2, -0.15) is 17.1 Å². The van der Waals surface area contributed by atoms with Crippen LogP contribution in [-0.4, -0.2) is 37.8 Å². The summed E-state index contributed by atoms with van der Waals surface area (Å²) in [5.74, 6) is 0.836. The molecule has 0 fully saturated rings. The van der Waals surface area contributed by atoms with Gasteiger partial charge in [-0.3, -0.25) is 14.7 Å². The summed E-state index contributed by atoms with van der Waals surface area (Å²) in [5, 5.41) is 5.41. The van der Waals surface area contributed by atoms with E-state index in [4.69, 9.17) is 0 Å². The topological polar surface area (TPSA) is 92.2 Å². The van der Waals surface area contributed by atoms with Crippen molar-refractivity contribution in [2.45, 2.75) is 19.8 Å². The second kappa shape index (κ2) is 5.87. The molecule has 0 aromatic carbocycles. The number of hydrogen-bond acceptors (Lipinski definition) is 5. The fraction of sp³-hybridized carbons (Fsp3) is 0.455. The molecule has 0 radical (unpaired) electrons. The number of fused-ring (bicyclic) bond motifs is 1. The van der Waals surface area contributed by atoms with Crippen LogP contribution >= 0.6 is 12.6 Å². The highest BCUT2D eigenvalue weighted by molar-refractivity contribution is 7.80. The normalized spacial score (nSPS) is 10.8. The van der Waals surface area contributed by atoms with Crippen molar-refractivity contribution < 1.29 is 4.79 Å². The van der Waals surface area contributed by atoms with Gasteiger partial charge >= 0.3 is 0 Å². The van der Waals surface area contributed by atoms with Gasteiger partial charge in [0.2, 0.25) is 5.91 Å². The van der Waals surface area contributed by atoms with Crippen molar-refractivity contribution in [2.24, 2.45) is 0 Å². The predicted molar refractivity (Wildman–Crippen MR) is 73.5 cm³/mol. The van der Waals surface area contributed by atoms with Crippen LogP contribution in [0.1, 0.15) is 17.7 Å². The van der Waals surface area contributed by atoms with Gasteiger partial charge in [-0.25, -0.2) is 9.97 Å². The van der Waals surface area contributed by atoms with E-state index in [1.165, 1.54) is 10.8 Å². The number of nitrogens with one attached hydrogen (secondary N) is 2. The maximum Gasteiger partial charge on any atom is 0.277 e. The van der Waals surface area contributed by atoms with E-state index in [-0.39, 0.29) is 17.9 Å². The number of rotatable bonds is 5. The van der Waals surface area contributed by atoms with Crippen LogP contribution in [0.5, 0.6) is 0 Å². The van der Waals surface area contributed by atoms with Gasteiger partial charge in [-0.05, 0) is 13.3 Å². The molecular weight excluding hydrogens is 266 g/mol. The molecule has 2 rings (SSSR count). The first-order valence-electron chi connectivity index (χ1n) is 5.92. The third kappa shape index (κ3) is 2.95. The van der Waals surface area contributed by atoms with Crippen LogP contribution in [0.15, 0.2) is 11.1 Å². The summed E-state index contributed by atoms with van der Waals surface area (Å²) < 4.78 is 1.27. The van der Waals surface area contributed by atoms with E-state index in [2.05, 4.69) is 33.0 Å². The molecule has 0 saturated heterocycles. The maximum atomic E-state index is 12.1. The van der Waals surface area contributed by atoms with E-state index < -0.39 is 0 Å². The van der Waals surface area contributed by atoms with Gasteiger partial charge < -0.3 is 5.32 Å². The quantitative estimate of drug-likeness (QED) is 0.656. The molecule has 102 valence electrons. The molecule has 2 aromatic heterocycles. The molecule has 19 heavy (non-hydrogen) atoms. The fourth-order valence-electron chi connectivity index (χ4n) is 1.81. The van der Waals surface area contributed by atoms with Crippen molar-refractivity contribution in [1.82, 2.24) is 24.9 Å². The van der Waals surface area contributed by atoms with E-state index in [0.29, 0.717) is 35.8 Å². The maximum absolute atomic E-state index is 12.1. The summed E-state index contributed by atoms with van der Waals surface area (Å²) in [6.45, 7) is 2.27. The molecule has 0 unspecified atom stereocenters. The van der Waals surface area contributed by atoms with Crippen LogP contribution in [0.25, 0.3) is 5.78 Å². The average molecular weight is 281 g/mol. The van der Waals surface area contributed by atoms with Crippen molar-refractivity contribution in [2.75, 3.05) is 12.3 Å². The number of hydrogen-bond donors (Lipinski definition) is 3. The molecule has 0 atom stereocenters. The minimum atomic E-state index is -0.206. The minimum Gasteiger partial charge on any atom is -0.355 e. The molecule has 2 N–H and O–H groups in total. The summed E-state index contributed by atoms with van der Waals surface area (Å²) in [7, 11) is 0. The van der Waals surface area contributed by atoms with Crippen molar-refractivity contribution >= 4 is 24.3 Å². The summed E-state index contributed by atoms with van der Waals surface area (Å²) in [6.07, 6.45) is 2.02. The Hall–Kier alpha value is -1.83. The molecule has 1 amide bonds. The van der Waals surface area contributed by atoms with Gasteiger partial charge in [0.1, 0.15) is 6.33 Å². The number of amides is 1. The van der Waals surface area contributed by atoms with Gasteiger partial charge in [0.25, 0.3) is 11.3 Å². The Balaban J connectivity index is 2.16. The highest BCUT2D eigenvalue weighted by Crippen LogP contribution is 2.04. The van der Waals surface area contributed by atoms with Gasteiger partial charge in [-0.15, -0.1) is 0 Å². The molecule has 0 aliphatic heterocycles. The first kappa shape index (κ1) is 13.6.